The van der Waals surface area contributed by atoms with E-state index < -0.39 is 5.97 Å². The van der Waals surface area contributed by atoms with Crippen molar-refractivity contribution < 1.29 is 9.53 Å². The molecule has 4 heteroatoms. The Kier molecular flexibility index (Phi) is 6.17. The van der Waals surface area contributed by atoms with Crippen molar-refractivity contribution in [3.63, 3.8) is 0 Å². The number of nitrogens with zero attached hydrogens (tertiary/aromatic N) is 1. The van der Waals surface area contributed by atoms with Crippen molar-refractivity contribution >= 4 is 5.97 Å². The first kappa shape index (κ1) is 14.8. The summed E-state index contributed by atoms with van der Waals surface area (Å²) in [5.41, 5.74) is 1.10. The van der Waals surface area contributed by atoms with Crippen LogP contribution in [0.4, 0.5) is 0 Å². The maximum absolute atomic E-state index is 11.5. The second kappa shape index (κ2) is 7.93. The maximum Gasteiger partial charge on any atom is 0.350 e. The number of hydrogen-bond acceptors (Lipinski definition) is 4. The van der Waals surface area contributed by atoms with Gasteiger partial charge in [-0.3, -0.25) is 0 Å². The van der Waals surface area contributed by atoms with Gasteiger partial charge in [0.05, 0.1) is 12.6 Å². The number of hydrogen-bond donors (Lipinski definition) is 1. The van der Waals surface area contributed by atoms with E-state index in [1.807, 2.05) is 43.3 Å². The summed E-state index contributed by atoms with van der Waals surface area (Å²) in [6, 6.07) is 11.8. The second-order valence-corrected chi connectivity index (χ2v) is 3.93. The Morgan fingerprint density at radius 2 is 2.11 bits per heavy atom. The number of rotatable bonds is 6. The molecule has 0 aliphatic heterocycles. The van der Waals surface area contributed by atoms with Crippen molar-refractivity contribution in [2.75, 3.05) is 6.61 Å². The number of nitriles is 1. The van der Waals surface area contributed by atoms with Crippen LogP contribution in [-0.4, -0.2) is 12.6 Å². The number of ether oxygens (including phenoxy) is 1. The molecule has 0 saturated carbocycles. The summed E-state index contributed by atoms with van der Waals surface area (Å²) in [6.45, 7) is 4.00. The van der Waals surface area contributed by atoms with Crippen LogP contribution < -0.4 is 5.32 Å². The molecular weight excluding hydrogens is 240 g/mol. The summed E-state index contributed by atoms with van der Waals surface area (Å²) in [6.07, 6.45) is 2.28. The van der Waals surface area contributed by atoms with Gasteiger partial charge in [0, 0.05) is 6.20 Å². The Labute approximate surface area is 113 Å². The molecule has 19 heavy (non-hydrogen) atoms. The Balaban J connectivity index is 2.76. The molecule has 1 rings (SSSR count). The third kappa shape index (κ3) is 4.47. The van der Waals surface area contributed by atoms with Gasteiger partial charge in [0.1, 0.15) is 6.07 Å². The lowest BCUT2D eigenvalue weighted by Crippen LogP contribution is -2.17. The first-order valence-electron chi connectivity index (χ1n) is 6.31. The topological polar surface area (TPSA) is 62.1 Å². The van der Waals surface area contributed by atoms with Gasteiger partial charge >= 0.3 is 5.97 Å². The molecule has 0 aromatic heterocycles. The van der Waals surface area contributed by atoms with Crippen molar-refractivity contribution in [1.82, 2.24) is 5.32 Å². The molecule has 1 atom stereocenters. The Morgan fingerprint density at radius 1 is 1.42 bits per heavy atom. The van der Waals surface area contributed by atoms with Gasteiger partial charge < -0.3 is 10.1 Å². The van der Waals surface area contributed by atoms with Crippen LogP contribution in [0.15, 0.2) is 42.1 Å². The third-order valence-corrected chi connectivity index (χ3v) is 2.65. The van der Waals surface area contributed by atoms with Gasteiger partial charge in [0.15, 0.2) is 5.57 Å². The fourth-order valence-corrected chi connectivity index (χ4v) is 1.66. The van der Waals surface area contributed by atoms with E-state index in [1.165, 1.54) is 6.20 Å². The zero-order chi connectivity index (χ0) is 14.1. The van der Waals surface area contributed by atoms with Gasteiger partial charge in [-0.2, -0.15) is 5.26 Å². The molecule has 0 fully saturated rings. The molecule has 0 amide bonds. The van der Waals surface area contributed by atoms with Crippen LogP contribution in [0.5, 0.6) is 0 Å². The molecule has 0 aliphatic rings. The summed E-state index contributed by atoms with van der Waals surface area (Å²) in [4.78, 5) is 11.5. The monoisotopic (exact) mass is 258 g/mol. The van der Waals surface area contributed by atoms with Crippen molar-refractivity contribution in [2.24, 2.45) is 0 Å². The molecule has 1 N–H and O–H groups in total. The molecule has 100 valence electrons. The van der Waals surface area contributed by atoms with Gasteiger partial charge in [0.25, 0.3) is 0 Å². The summed E-state index contributed by atoms with van der Waals surface area (Å²) < 4.78 is 4.80. The van der Waals surface area contributed by atoms with E-state index in [2.05, 4.69) is 5.32 Å². The molecular formula is C15H18N2O2. The number of esters is 1. The third-order valence-electron chi connectivity index (χ3n) is 2.65. The van der Waals surface area contributed by atoms with Gasteiger partial charge in [-0.15, -0.1) is 0 Å². The van der Waals surface area contributed by atoms with Crippen molar-refractivity contribution in [1.29, 1.82) is 5.26 Å². The van der Waals surface area contributed by atoms with Crippen LogP contribution in [0.3, 0.4) is 0 Å². The van der Waals surface area contributed by atoms with E-state index >= 15 is 0 Å². The van der Waals surface area contributed by atoms with Crippen LogP contribution in [0, 0.1) is 11.3 Å². The first-order valence-corrected chi connectivity index (χ1v) is 6.31. The smallest absolute Gasteiger partial charge is 0.350 e. The Bertz CT molecular complexity index is 475. The van der Waals surface area contributed by atoms with Crippen LogP contribution in [0.2, 0.25) is 0 Å². The van der Waals surface area contributed by atoms with Gasteiger partial charge in [-0.1, -0.05) is 37.3 Å². The van der Waals surface area contributed by atoms with E-state index in [0.29, 0.717) is 0 Å². The number of carbonyl (C=O) groups excluding carboxylic acids is 1. The van der Waals surface area contributed by atoms with E-state index in [1.54, 1.807) is 6.92 Å². The average molecular weight is 258 g/mol. The van der Waals surface area contributed by atoms with Crippen LogP contribution in [0.25, 0.3) is 0 Å². The zero-order valence-corrected chi connectivity index (χ0v) is 11.2. The minimum Gasteiger partial charge on any atom is -0.462 e. The second-order valence-electron chi connectivity index (χ2n) is 3.93. The highest BCUT2D eigenvalue weighted by molar-refractivity contribution is 5.92. The van der Waals surface area contributed by atoms with Gasteiger partial charge in [0.2, 0.25) is 0 Å². The lowest BCUT2D eigenvalue weighted by molar-refractivity contribution is -0.138. The van der Waals surface area contributed by atoms with E-state index in [0.717, 1.165) is 12.0 Å². The first-order chi connectivity index (χ1) is 9.22. The lowest BCUT2D eigenvalue weighted by Gasteiger charge is -2.15. The Morgan fingerprint density at radius 3 is 2.63 bits per heavy atom. The molecule has 1 aromatic rings. The predicted molar refractivity (Wildman–Crippen MR) is 72.9 cm³/mol. The fraction of sp³-hybridized carbons (Fsp3) is 0.333. The molecule has 0 spiro atoms. The minimum absolute atomic E-state index is 0.0174. The van der Waals surface area contributed by atoms with Crippen molar-refractivity contribution in [3.8, 4) is 6.07 Å². The lowest BCUT2D eigenvalue weighted by atomic mass is 10.1. The highest BCUT2D eigenvalue weighted by Crippen LogP contribution is 2.16. The summed E-state index contributed by atoms with van der Waals surface area (Å²) in [5, 5.41) is 12.0. The Hall–Kier alpha value is -2.28. The molecule has 0 radical (unpaired) electrons. The SMILES string of the molecule is CCOC(=O)/C(C#N)=C/NC(CC)c1ccccc1. The van der Waals surface area contributed by atoms with Crippen molar-refractivity contribution in [3.05, 3.63) is 47.7 Å². The van der Waals surface area contributed by atoms with Crippen molar-refractivity contribution in [2.45, 2.75) is 26.3 Å². The van der Waals surface area contributed by atoms with E-state index in [4.69, 9.17) is 10.00 Å². The molecule has 4 nitrogen and oxygen atoms in total. The number of benzene rings is 1. The summed E-state index contributed by atoms with van der Waals surface area (Å²) >= 11 is 0. The predicted octanol–water partition coefficient (Wildman–Crippen LogP) is 2.70. The molecule has 0 bridgehead atoms. The van der Waals surface area contributed by atoms with Crippen LogP contribution >= 0.6 is 0 Å². The highest BCUT2D eigenvalue weighted by Gasteiger charge is 2.11. The van der Waals surface area contributed by atoms with E-state index in [9.17, 15) is 4.79 Å². The van der Waals surface area contributed by atoms with E-state index in [-0.39, 0.29) is 18.2 Å². The molecule has 0 heterocycles. The standard InChI is InChI=1S/C15H18N2O2/c1-3-14(12-8-6-5-7-9-12)17-11-13(10-16)15(18)19-4-2/h5-9,11,14,17H,3-4H2,1-2H3/b13-11+. The van der Waals surface area contributed by atoms with Gasteiger partial charge in [-0.05, 0) is 18.9 Å². The average Bonchev–Trinajstić information content (AvgIpc) is 2.45. The maximum atomic E-state index is 11.5. The summed E-state index contributed by atoms with van der Waals surface area (Å²) in [7, 11) is 0. The quantitative estimate of drug-likeness (QED) is 0.484. The van der Waals surface area contributed by atoms with Crippen LogP contribution in [-0.2, 0) is 9.53 Å². The normalized spacial score (nSPS) is 12.4. The summed E-state index contributed by atoms with van der Waals surface area (Å²) in [5.74, 6) is -0.597. The molecule has 1 unspecified atom stereocenters. The largest absolute Gasteiger partial charge is 0.462 e. The van der Waals surface area contributed by atoms with Gasteiger partial charge in [-0.25, -0.2) is 4.79 Å². The molecule has 0 saturated heterocycles. The highest BCUT2D eigenvalue weighted by atomic mass is 16.5. The molecule has 1 aromatic carbocycles. The number of nitrogens with one attached hydrogen (secondary N) is 1. The zero-order valence-electron chi connectivity index (χ0n) is 11.2. The molecule has 0 aliphatic carbocycles. The minimum atomic E-state index is -0.597. The number of carbonyl (C=O) groups is 1. The van der Waals surface area contributed by atoms with Crippen LogP contribution in [0.1, 0.15) is 31.9 Å². The fourth-order valence-electron chi connectivity index (χ4n) is 1.66.